The Morgan fingerprint density at radius 2 is 2.28 bits per heavy atom. The van der Waals surface area contributed by atoms with Crippen LogP contribution in [-0.2, 0) is 6.42 Å². The Kier molecular flexibility index (Phi) is 4.36. The van der Waals surface area contributed by atoms with Crippen molar-refractivity contribution < 1.29 is 9.32 Å². The molecule has 0 aliphatic heterocycles. The summed E-state index contributed by atoms with van der Waals surface area (Å²) in [6, 6.07) is 9.21. The van der Waals surface area contributed by atoms with E-state index in [1.807, 2.05) is 24.3 Å². The van der Waals surface area contributed by atoms with Gasteiger partial charge in [0.25, 0.3) is 5.91 Å². The van der Waals surface area contributed by atoms with Gasteiger partial charge in [-0.2, -0.15) is 0 Å². The molecule has 1 N–H and O–H groups in total. The molecule has 5 heteroatoms. The highest BCUT2D eigenvalue weighted by molar-refractivity contribution is 6.17. The van der Waals surface area contributed by atoms with Crippen LogP contribution in [-0.4, -0.2) is 16.9 Å². The van der Waals surface area contributed by atoms with Gasteiger partial charge in [-0.15, -0.1) is 11.6 Å². The minimum atomic E-state index is -0.279. The van der Waals surface area contributed by atoms with Crippen LogP contribution in [0.5, 0.6) is 0 Å². The number of anilines is 1. The van der Waals surface area contributed by atoms with Crippen molar-refractivity contribution >= 4 is 23.2 Å². The lowest BCUT2D eigenvalue weighted by atomic mass is 10.1. The van der Waals surface area contributed by atoms with Crippen molar-refractivity contribution in [1.82, 2.24) is 5.16 Å². The van der Waals surface area contributed by atoms with Gasteiger partial charge in [0.05, 0.1) is 0 Å². The number of alkyl halides is 1. The van der Waals surface area contributed by atoms with Crippen LogP contribution in [0.25, 0.3) is 0 Å². The van der Waals surface area contributed by atoms with Crippen molar-refractivity contribution in [2.45, 2.75) is 12.8 Å². The van der Waals surface area contributed by atoms with Gasteiger partial charge in [-0.3, -0.25) is 4.79 Å². The van der Waals surface area contributed by atoms with Crippen molar-refractivity contribution in [1.29, 1.82) is 0 Å². The maximum atomic E-state index is 11.7. The van der Waals surface area contributed by atoms with E-state index >= 15 is 0 Å². The predicted octanol–water partition coefficient (Wildman–Crippen LogP) is 3.10. The second-order valence-corrected chi connectivity index (χ2v) is 4.21. The minimum absolute atomic E-state index is 0.265. The molecule has 0 atom stereocenters. The number of halogens is 1. The van der Waals surface area contributed by atoms with Gasteiger partial charge in [0.2, 0.25) is 0 Å². The topological polar surface area (TPSA) is 55.1 Å². The molecule has 0 saturated carbocycles. The Balaban J connectivity index is 2.03. The predicted molar refractivity (Wildman–Crippen MR) is 69.9 cm³/mol. The summed E-state index contributed by atoms with van der Waals surface area (Å²) in [7, 11) is 0. The van der Waals surface area contributed by atoms with Gasteiger partial charge in [-0.05, 0) is 30.5 Å². The molecule has 1 aromatic carbocycles. The van der Waals surface area contributed by atoms with E-state index in [4.69, 9.17) is 11.6 Å². The molecule has 0 bridgehead atoms. The molecule has 0 spiro atoms. The lowest BCUT2D eigenvalue weighted by molar-refractivity contribution is 0.101. The molecule has 0 unspecified atom stereocenters. The quantitative estimate of drug-likeness (QED) is 0.845. The van der Waals surface area contributed by atoms with Crippen LogP contribution < -0.4 is 5.32 Å². The first-order chi connectivity index (χ1) is 8.79. The van der Waals surface area contributed by atoms with Gasteiger partial charge in [0.15, 0.2) is 5.69 Å². The summed E-state index contributed by atoms with van der Waals surface area (Å²) in [4.78, 5) is 11.7. The van der Waals surface area contributed by atoms with Crippen LogP contribution in [0, 0.1) is 0 Å². The third-order valence-corrected chi connectivity index (χ3v) is 2.72. The van der Waals surface area contributed by atoms with Crippen molar-refractivity contribution in [3.63, 3.8) is 0 Å². The zero-order valence-corrected chi connectivity index (χ0v) is 10.5. The maximum absolute atomic E-state index is 11.7. The summed E-state index contributed by atoms with van der Waals surface area (Å²) in [5, 5.41) is 6.35. The van der Waals surface area contributed by atoms with Crippen LogP contribution in [0.4, 0.5) is 5.69 Å². The molecule has 0 saturated heterocycles. The molecular formula is C13H13ClN2O2. The minimum Gasteiger partial charge on any atom is -0.364 e. The SMILES string of the molecule is O=C(Nc1cccc(CCCCl)c1)c1ccon1. The molecular weight excluding hydrogens is 252 g/mol. The van der Waals surface area contributed by atoms with Crippen LogP contribution in [0.1, 0.15) is 22.5 Å². The monoisotopic (exact) mass is 264 g/mol. The number of hydrogen-bond donors (Lipinski definition) is 1. The summed E-state index contributed by atoms with van der Waals surface area (Å²) in [6.07, 6.45) is 3.19. The number of amides is 1. The molecule has 0 aliphatic carbocycles. The standard InChI is InChI=1S/C13H13ClN2O2/c14-7-2-4-10-3-1-5-11(9-10)15-13(17)12-6-8-18-16-12/h1,3,5-6,8-9H,2,4,7H2,(H,15,17). The van der Waals surface area contributed by atoms with Crippen molar-refractivity contribution in [2.75, 3.05) is 11.2 Å². The Hall–Kier alpha value is -1.81. The summed E-state index contributed by atoms with van der Waals surface area (Å²) in [5.41, 5.74) is 2.16. The fourth-order valence-electron chi connectivity index (χ4n) is 1.60. The van der Waals surface area contributed by atoms with Crippen LogP contribution in [0.15, 0.2) is 41.1 Å². The molecule has 1 aromatic heterocycles. The maximum Gasteiger partial charge on any atom is 0.277 e. The molecule has 1 amide bonds. The highest BCUT2D eigenvalue weighted by Crippen LogP contribution is 2.13. The molecule has 0 radical (unpaired) electrons. The lowest BCUT2D eigenvalue weighted by Crippen LogP contribution is -2.12. The molecule has 4 nitrogen and oxygen atoms in total. The number of benzene rings is 1. The highest BCUT2D eigenvalue weighted by Gasteiger charge is 2.09. The normalized spacial score (nSPS) is 10.3. The molecule has 2 rings (SSSR count). The van der Waals surface area contributed by atoms with Crippen molar-refractivity contribution in [2.24, 2.45) is 0 Å². The van der Waals surface area contributed by atoms with Gasteiger partial charge >= 0.3 is 0 Å². The number of aryl methyl sites for hydroxylation is 1. The molecule has 2 aromatic rings. The van der Waals surface area contributed by atoms with Gasteiger partial charge in [0, 0.05) is 17.6 Å². The first-order valence-corrected chi connectivity index (χ1v) is 6.19. The second kappa shape index (κ2) is 6.21. The Morgan fingerprint density at radius 3 is 3.00 bits per heavy atom. The third kappa shape index (κ3) is 3.34. The Morgan fingerprint density at radius 1 is 1.39 bits per heavy atom. The first-order valence-electron chi connectivity index (χ1n) is 5.66. The zero-order valence-electron chi connectivity index (χ0n) is 9.73. The van der Waals surface area contributed by atoms with E-state index in [0.717, 1.165) is 24.1 Å². The molecule has 0 aliphatic rings. The van der Waals surface area contributed by atoms with E-state index in [9.17, 15) is 4.79 Å². The van der Waals surface area contributed by atoms with Crippen LogP contribution in [0.3, 0.4) is 0 Å². The number of hydrogen-bond acceptors (Lipinski definition) is 3. The van der Waals surface area contributed by atoms with Crippen LogP contribution in [0.2, 0.25) is 0 Å². The molecule has 0 fully saturated rings. The van der Waals surface area contributed by atoms with Gasteiger partial charge in [-0.25, -0.2) is 0 Å². The van der Waals surface area contributed by atoms with E-state index in [1.165, 1.54) is 12.3 Å². The van der Waals surface area contributed by atoms with E-state index in [1.54, 1.807) is 0 Å². The van der Waals surface area contributed by atoms with E-state index in [0.29, 0.717) is 5.88 Å². The molecule has 18 heavy (non-hydrogen) atoms. The highest BCUT2D eigenvalue weighted by atomic mass is 35.5. The van der Waals surface area contributed by atoms with Crippen molar-refractivity contribution in [3.8, 4) is 0 Å². The van der Waals surface area contributed by atoms with Crippen LogP contribution >= 0.6 is 11.6 Å². The second-order valence-electron chi connectivity index (χ2n) is 3.83. The Labute approximate surface area is 110 Å². The van der Waals surface area contributed by atoms with Gasteiger partial charge in [0.1, 0.15) is 6.26 Å². The summed E-state index contributed by atoms with van der Waals surface area (Å²) >= 11 is 5.65. The number of rotatable bonds is 5. The summed E-state index contributed by atoms with van der Waals surface area (Å²) in [5.74, 6) is 0.355. The average molecular weight is 265 g/mol. The van der Waals surface area contributed by atoms with Crippen molar-refractivity contribution in [3.05, 3.63) is 47.9 Å². The van der Waals surface area contributed by atoms with E-state index in [2.05, 4.69) is 15.0 Å². The Bertz CT molecular complexity index is 511. The third-order valence-electron chi connectivity index (χ3n) is 2.45. The number of carbonyl (C=O) groups excluding carboxylic acids is 1. The first kappa shape index (κ1) is 12.6. The van der Waals surface area contributed by atoms with E-state index < -0.39 is 0 Å². The number of nitrogens with zero attached hydrogens (tertiary/aromatic N) is 1. The summed E-state index contributed by atoms with van der Waals surface area (Å²) < 4.78 is 4.62. The summed E-state index contributed by atoms with van der Waals surface area (Å²) in [6.45, 7) is 0. The zero-order chi connectivity index (χ0) is 12.8. The average Bonchev–Trinajstić information content (AvgIpc) is 2.91. The van der Waals surface area contributed by atoms with Gasteiger partial charge in [-0.1, -0.05) is 17.3 Å². The fraction of sp³-hybridized carbons (Fsp3) is 0.231. The number of carbonyl (C=O) groups is 1. The molecule has 1 heterocycles. The largest absolute Gasteiger partial charge is 0.364 e. The van der Waals surface area contributed by atoms with Gasteiger partial charge < -0.3 is 9.84 Å². The van der Waals surface area contributed by atoms with E-state index in [-0.39, 0.29) is 11.6 Å². The number of nitrogens with one attached hydrogen (secondary N) is 1. The lowest BCUT2D eigenvalue weighted by Gasteiger charge is -2.05. The fourth-order valence-corrected chi connectivity index (χ4v) is 1.73. The molecule has 94 valence electrons. The smallest absolute Gasteiger partial charge is 0.277 e. The number of aromatic nitrogens is 1.